The molecule has 0 aliphatic carbocycles. The number of rotatable bonds is 5. The van der Waals surface area contributed by atoms with Gasteiger partial charge in [0.05, 0.1) is 17.6 Å². The zero-order valence-electron chi connectivity index (χ0n) is 12.8. The molecule has 0 radical (unpaired) electrons. The fraction of sp³-hybridized carbons (Fsp3) is 0.222. The van der Waals surface area contributed by atoms with Crippen LogP contribution in [0.4, 0.5) is 0 Å². The monoisotopic (exact) mass is 328 g/mol. The van der Waals surface area contributed by atoms with Crippen molar-refractivity contribution in [1.29, 1.82) is 0 Å². The van der Waals surface area contributed by atoms with Gasteiger partial charge in [-0.2, -0.15) is 0 Å². The number of aromatic nitrogens is 2. The van der Waals surface area contributed by atoms with Crippen molar-refractivity contribution in [2.45, 2.75) is 19.3 Å². The summed E-state index contributed by atoms with van der Waals surface area (Å²) in [4.78, 5) is 20.2. The zero-order valence-corrected chi connectivity index (χ0v) is 13.5. The summed E-state index contributed by atoms with van der Waals surface area (Å²) in [5.41, 5.74) is 2.62. The number of ether oxygens (including phenoxy) is 1. The van der Waals surface area contributed by atoms with Crippen LogP contribution in [-0.4, -0.2) is 22.5 Å². The molecule has 5 heteroatoms. The van der Waals surface area contributed by atoms with Gasteiger partial charge in [-0.3, -0.25) is 4.79 Å². The van der Waals surface area contributed by atoms with Crippen molar-refractivity contribution in [2.75, 3.05) is 6.61 Å². The Morgan fingerprint density at radius 1 is 1.22 bits per heavy atom. The molecule has 0 saturated heterocycles. The second-order valence-electron chi connectivity index (χ2n) is 5.24. The van der Waals surface area contributed by atoms with Crippen LogP contribution in [0.3, 0.4) is 0 Å². The van der Waals surface area contributed by atoms with Crippen LogP contribution in [0.25, 0.3) is 11.0 Å². The summed E-state index contributed by atoms with van der Waals surface area (Å²) in [6.45, 7) is 2.13. The number of benzene rings is 2. The maximum Gasteiger partial charge on any atom is 0.316 e. The number of H-pyrrole nitrogens is 1. The molecule has 118 valence electrons. The minimum Gasteiger partial charge on any atom is -0.465 e. The molecule has 0 unspecified atom stereocenters. The number of nitrogens with zero attached hydrogens (tertiary/aromatic N) is 1. The Labute approximate surface area is 139 Å². The van der Waals surface area contributed by atoms with Crippen LogP contribution in [0, 0.1) is 0 Å². The Morgan fingerprint density at radius 2 is 1.96 bits per heavy atom. The number of esters is 1. The van der Waals surface area contributed by atoms with Gasteiger partial charge >= 0.3 is 5.97 Å². The maximum atomic E-state index is 12.4. The van der Waals surface area contributed by atoms with Gasteiger partial charge in [0, 0.05) is 5.02 Å². The average Bonchev–Trinajstić information content (AvgIpc) is 2.97. The van der Waals surface area contributed by atoms with E-state index in [4.69, 9.17) is 16.3 Å². The molecule has 0 fully saturated rings. The molecule has 3 aromatic rings. The summed E-state index contributed by atoms with van der Waals surface area (Å²) in [5.74, 6) is -0.210. The van der Waals surface area contributed by atoms with Crippen molar-refractivity contribution in [2.24, 2.45) is 0 Å². The van der Waals surface area contributed by atoms with Crippen molar-refractivity contribution in [1.82, 2.24) is 9.97 Å². The fourth-order valence-electron chi connectivity index (χ4n) is 2.56. The predicted octanol–water partition coefficient (Wildman–Crippen LogP) is 4.11. The number of hydrogen-bond donors (Lipinski definition) is 1. The van der Waals surface area contributed by atoms with E-state index in [1.807, 2.05) is 48.5 Å². The molecule has 0 aliphatic rings. The van der Waals surface area contributed by atoms with Crippen molar-refractivity contribution < 1.29 is 9.53 Å². The van der Waals surface area contributed by atoms with Crippen LogP contribution in [0.5, 0.6) is 0 Å². The Bertz CT molecular complexity index is 796. The highest BCUT2D eigenvalue weighted by Crippen LogP contribution is 2.26. The number of halogens is 1. The minimum atomic E-state index is -0.512. The number of carbonyl (C=O) groups excluding carboxylic acids is 1. The van der Waals surface area contributed by atoms with Gasteiger partial charge < -0.3 is 9.72 Å². The lowest BCUT2D eigenvalue weighted by atomic mass is 9.98. The van der Waals surface area contributed by atoms with Gasteiger partial charge in [0.2, 0.25) is 0 Å². The summed E-state index contributed by atoms with van der Waals surface area (Å²) < 4.78 is 5.22. The molecule has 3 rings (SSSR count). The van der Waals surface area contributed by atoms with Gasteiger partial charge in [0.15, 0.2) is 0 Å². The van der Waals surface area contributed by atoms with E-state index >= 15 is 0 Å². The number of carbonyl (C=O) groups is 1. The second kappa shape index (κ2) is 6.84. The molecular weight excluding hydrogens is 312 g/mol. The van der Waals surface area contributed by atoms with Crippen molar-refractivity contribution >= 4 is 28.6 Å². The van der Waals surface area contributed by atoms with Crippen LogP contribution in [-0.2, 0) is 16.0 Å². The van der Waals surface area contributed by atoms with Gasteiger partial charge in [0.1, 0.15) is 11.7 Å². The smallest absolute Gasteiger partial charge is 0.316 e. The first kappa shape index (κ1) is 15.6. The van der Waals surface area contributed by atoms with Crippen LogP contribution in [0.15, 0.2) is 48.5 Å². The summed E-state index contributed by atoms with van der Waals surface area (Å²) in [7, 11) is 0. The third-order valence-corrected chi connectivity index (χ3v) is 4.06. The van der Waals surface area contributed by atoms with Crippen molar-refractivity contribution in [3.8, 4) is 0 Å². The van der Waals surface area contributed by atoms with Crippen LogP contribution in [0.2, 0.25) is 5.02 Å². The minimum absolute atomic E-state index is 0.300. The quantitative estimate of drug-likeness (QED) is 0.717. The molecule has 1 aromatic heterocycles. The van der Waals surface area contributed by atoms with E-state index < -0.39 is 5.92 Å². The first-order chi connectivity index (χ1) is 11.2. The van der Waals surface area contributed by atoms with Crippen LogP contribution in [0.1, 0.15) is 24.2 Å². The molecule has 1 N–H and O–H groups in total. The highest BCUT2D eigenvalue weighted by Gasteiger charge is 2.26. The van der Waals surface area contributed by atoms with Gasteiger partial charge in [-0.1, -0.05) is 41.9 Å². The van der Waals surface area contributed by atoms with E-state index in [0.717, 1.165) is 16.6 Å². The lowest BCUT2D eigenvalue weighted by molar-refractivity contribution is -0.145. The highest BCUT2D eigenvalue weighted by molar-refractivity contribution is 6.31. The molecule has 1 heterocycles. The summed E-state index contributed by atoms with van der Waals surface area (Å²) in [5, 5.41) is 0.637. The van der Waals surface area contributed by atoms with Gasteiger partial charge in [-0.05, 0) is 37.1 Å². The molecule has 0 spiro atoms. The summed E-state index contributed by atoms with van der Waals surface area (Å²) in [6.07, 6.45) is 0.443. The third kappa shape index (κ3) is 3.37. The van der Waals surface area contributed by atoms with Gasteiger partial charge in [0.25, 0.3) is 0 Å². The molecule has 0 saturated carbocycles. The molecule has 2 aromatic carbocycles. The van der Waals surface area contributed by atoms with Crippen LogP contribution < -0.4 is 0 Å². The fourth-order valence-corrected chi connectivity index (χ4v) is 2.77. The summed E-state index contributed by atoms with van der Waals surface area (Å²) >= 11 is 6.23. The number of fused-ring (bicyclic) bond motifs is 1. The molecule has 0 bridgehead atoms. The Hall–Kier alpha value is -2.33. The van der Waals surface area contributed by atoms with Gasteiger partial charge in [-0.15, -0.1) is 0 Å². The Kier molecular flexibility index (Phi) is 4.63. The first-order valence-corrected chi connectivity index (χ1v) is 7.91. The van der Waals surface area contributed by atoms with Gasteiger partial charge in [-0.25, -0.2) is 4.98 Å². The number of imidazole rings is 1. The van der Waals surface area contributed by atoms with Crippen molar-refractivity contribution in [3.05, 3.63) is 64.9 Å². The zero-order chi connectivity index (χ0) is 16.2. The normalized spacial score (nSPS) is 12.3. The lowest BCUT2D eigenvalue weighted by Crippen LogP contribution is -2.19. The van der Waals surface area contributed by atoms with E-state index in [0.29, 0.717) is 23.9 Å². The SMILES string of the molecule is CCOC(=O)[C@@H](Cc1ccccc1Cl)c1nc2ccccc2[nH]1. The number of aromatic amines is 1. The molecule has 0 aliphatic heterocycles. The average molecular weight is 329 g/mol. The Morgan fingerprint density at radius 3 is 2.70 bits per heavy atom. The highest BCUT2D eigenvalue weighted by atomic mass is 35.5. The molecule has 1 atom stereocenters. The summed E-state index contributed by atoms with van der Waals surface area (Å²) in [6, 6.07) is 15.2. The van der Waals surface area contributed by atoms with E-state index in [-0.39, 0.29) is 5.97 Å². The largest absolute Gasteiger partial charge is 0.465 e. The molecule has 23 heavy (non-hydrogen) atoms. The first-order valence-electron chi connectivity index (χ1n) is 7.53. The van der Waals surface area contributed by atoms with E-state index in [2.05, 4.69) is 9.97 Å². The van der Waals surface area contributed by atoms with E-state index in [1.54, 1.807) is 6.92 Å². The molecular formula is C18H17ClN2O2. The number of para-hydroxylation sites is 2. The standard InChI is InChI=1S/C18H17ClN2O2/c1-2-23-18(22)13(11-12-7-3-4-8-14(12)19)17-20-15-9-5-6-10-16(15)21-17/h3-10,13H,2,11H2,1H3,(H,20,21)/t13-/m0/s1. The van der Waals surface area contributed by atoms with E-state index in [1.165, 1.54) is 0 Å². The topological polar surface area (TPSA) is 55.0 Å². The third-order valence-electron chi connectivity index (χ3n) is 3.69. The predicted molar refractivity (Wildman–Crippen MR) is 90.6 cm³/mol. The molecule has 0 amide bonds. The van der Waals surface area contributed by atoms with E-state index in [9.17, 15) is 4.79 Å². The second-order valence-corrected chi connectivity index (χ2v) is 5.65. The lowest BCUT2D eigenvalue weighted by Gasteiger charge is -2.14. The maximum absolute atomic E-state index is 12.4. The number of hydrogen-bond acceptors (Lipinski definition) is 3. The number of nitrogens with one attached hydrogen (secondary N) is 1. The van der Waals surface area contributed by atoms with Crippen molar-refractivity contribution in [3.63, 3.8) is 0 Å². The Balaban J connectivity index is 1.98. The molecule has 4 nitrogen and oxygen atoms in total. The van der Waals surface area contributed by atoms with Crippen LogP contribution >= 0.6 is 11.6 Å².